The molecule has 5 atom stereocenters. The summed E-state index contributed by atoms with van der Waals surface area (Å²) >= 11 is 1.62. The van der Waals surface area contributed by atoms with Crippen LogP contribution in [0.1, 0.15) is 167 Å². The van der Waals surface area contributed by atoms with Crippen molar-refractivity contribution < 1.29 is 52.1 Å². The first-order valence-corrected chi connectivity index (χ1v) is 30.4. The third kappa shape index (κ3) is 17.4. The van der Waals surface area contributed by atoms with Gasteiger partial charge in [-0.2, -0.15) is 0 Å². The second kappa shape index (κ2) is 27.5. The van der Waals surface area contributed by atoms with Crippen molar-refractivity contribution in [2.45, 2.75) is 195 Å². The van der Waals surface area contributed by atoms with Gasteiger partial charge in [-0.1, -0.05) is 116 Å². The van der Waals surface area contributed by atoms with Gasteiger partial charge in [0.2, 0.25) is 0 Å². The van der Waals surface area contributed by atoms with E-state index in [1.807, 2.05) is 45.9 Å². The summed E-state index contributed by atoms with van der Waals surface area (Å²) in [5.74, 6) is -2.15. The van der Waals surface area contributed by atoms with Crippen molar-refractivity contribution in [2.75, 3.05) is 6.54 Å². The number of aromatic nitrogens is 1. The van der Waals surface area contributed by atoms with E-state index in [2.05, 4.69) is 53.4 Å². The highest BCUT2D eigenvalue weighted by Gasteiger charge is 2.50. The lowest BCUT2D eigenvalue weighted by molar-refractivity contribution is -0.155. The number of unbranched alkanes of at least 4 members (excludes halogenated alkanes) is 7. The number of cyclic esters (lactones) is 1. The van der Waals surface area contributed by atoms with Crippen molar-refractivity contribution in [3.63, 3.8) is 0 Å². The largest absolute Gasteiger partial charge is 0.508 e. The maximum atomic E-state index is 15.3. The van der Waals surface area contributed by atoms with E-state index in [-0.39, 0.29) is 54.0 Å². The minimum Gasteiger partial charge on any atom is -0.457 e. The maximum Gasteiger partial charge on any atom is 0.508 e. The van der Waals surface area contributed by atoms with Gasteiger partial charge in [-0.25, -0.2) is 9.78 Å². The quantitative estimate of drug-likeness (QED) is 0.0263. The Bertz CT molecular complexity index is 2470. The van der Waals surface area contributed by atoms with Crippen LogP contribution in [0.25, 0.3) is 10.2 Å². The number of nitrogens with zero attached hydrogens (tertiary/aromatic N) is 2. The van der Waals surface area contributed by atoms with E-state index in [4.69, 9.17) is 28.4 Å². The number of carbonyl (C=O) groups is 6. The van der Waals surface area contributed by atoms with E-state index in [0.29, 0.717) is 37.1 Å². The minimum atomic E-state index is -2.59. The highest BCUT2D eigenvalue weighted by Crippen LogP contribution is 2.43. The molecule has 3 aromatic rings. The molecule has 3 heterocycles. The Balaban J connectivity index is 1.21. The fraction of sp³-hybridized carbons (Fsp3) is 0.576. The Morgan fingerprint density at radius 2 is 1.58 bits per heavy atom. The molecule has 0 aliphatic carbocycles. The van der Waals surface area contributed by atoms with E-state index in [9.17, 15) is 24.0 Å². The van der Waals surface area contributed by atoms with Crippen LogP contribution in [0.15, 0.2) is 78.9 Å². The van der Waals surface area contributed by atoms with Crippen molar-refractivity contribution in [2.24, 2.45) is 17.3 Å². The summed E-state index contributed by atoms with van der Waals surface area (Å²) < 4.78 is 32.0. The molecule has 15 heteroatoms. The van der Waals surface area contributed by atoms with Crippen LogP contribution in [-0.2, 0) is 49.2 Å². The average molecular weight is 1060 g/mol. The number of rotatable bonds is 20. The zero-order valence-electron chi connectivity index (χ0n) is 45.8. The lowest BCUT2D eigenvalue weighted by atomic mass is 9.71. The average Bonchev–Trinajstić information content (AvgIpc) is 3.88. The second-order valence-corrected chi connectivity index (χ2v) is 28.4. The van der Waals surface area contributed by atoms with Crippen LogP contribution in [-0.4, -0.2) is 72.6 Å². The maximum absolute atomic E-state index is 15.3. The third-order valence-electron chi connectivity index (χ3n) is 15.0. The molecular formula is C59H82N2O11SSi. The number of benzene rings is 2. The van der Waals surface area contributed by atoms with Crippen LogP contribution in [0.3, 0.4) is 0 Å². The standard InChI is InChI=1S/C59H82N2O11SSi/c1-12-22-46-55(71-57(67)68-39-43-27-30-45(31-28-43)69-53(64)25-19-17-15-13-14-16-18-20-36-61-51(62)34-35-52(61)63)41(3)24-21-23-40(2)26-32-48(44-29-33-49-47(37-44)60-42(4)73-49)70-54(65)38-50(59(8,9)56(46)66)72-74(10,11)58(5,6)7/h12,26-31,33-35,37,41,46,48,50,55H,1,13-25,32,36,38-39H2,2-11H3/t41-,46+,48-,50-,55-/m0/s1. The third-order valence-corrected chi connectivity index (χ3v) is 20.4. The predicted octanol–water partition coefficient (Wildman–Crippen LogP) is 14.0. The van der Waals surface area contributed by atoms with Gasteiger partial charge in [-0.3, -0.25) is 28.9 Å². The molecule has 2 amide bonds. The van der Waals surface area contributed by atoms with Gasteiger partial charge >= 0.3 is 18.1 Å². The number of hydrogen-bond donors (Lipinski definition) is 0. The van der Waals surface area contributed by atoms with Gasteiger partial charge in [0.05, 0.1) is 33.7 Å². The molecule has 0 unspecified atom stereocenters. The first kappa shape index (κ1) is 59.6. The lowest BCUT2D eigenvalue weighted by Crippen LogP contribution is -2.53. The number of ketones is 1. The smallest absolute Gasteiger partial charge is 0.457 e. The summed E-state index contributed by atoms with van der Waals surface area (Å²) in [5, 5.41) is 0.722. The van der Waals surface area contributed by atoms with E-state index in [1.54, 1.807) is 41.7 Å². The van der Waals surface area contributed by atoms with Gasteiger partial charge in [-0.05, 0) is 112 Å². The molecule has 13 nitrogen and oxygen atoms in total. The van der Waals surface area contributed by atoms with Gasteiger partial charge < -0.3 is 23.4 Å². The van der Waals surface area contributed by atoms with Gasteiger partial charge in [0.15, 0.2) is 8.32 Å². The number of thiazole rings is 1. The normalized spacial score (nSPS) is 21.4. The first-order valence-electron chi connectivity index (χ1n) is 26.7. The molecule has 404 valence electrons. The number of esters is 2. The predicted molar refractivity (Wildman–Crippen MR) is 293 cm³/mol. The SMILES string of the molecule is C=CC[C@H]1C(=O)C(C)(C)[C@@H](O[Si](C)(C)C(C)(C)C)CC(=O)O[C@H](c2ccc3sc(C)nc3c2)CC=C(C)CCC[C@H](C)[C@@H]1OC(=O)OCc1ccc(OC(=O)CCCCCCCCCCN2C(=O)C=CC2=O)cc1. The highest BCUT2D eigenvalue weighted by atomic mass is 32.1. The summed E-state index contributed by atoms with van der Waals surface area (Å²) in [4.78, 5) is 85.3. The van der Waals surface area contributed by atoms with Gasteiger partial charge in [0.25, 0.3) is 11.8 Å². The van der Waals surface area contributed by atoms with Gasteiger partial charge in [0.1, 0.15) is 30.3 Å². The summed E-state index contributed by atoms with van der Waals surface area (Å²) in [6, 6.07) is 12.8. The molecule has 0 N–H and O–H groups in total. The van der Waals surface area contributed by atoms with E-state index >= 15 is 4.79 Å². The number of carbonyl (C=O) groups excluding carboxylic acids is 6. The molecule has 2 aliphatic rings. The van der Waals surface area contributed by atoms with Crippen LogP contribution < -0.4 is 4.74 Å². The number of Topliss-reactive ketones (excluding diaryl/α,β-unsaturated/α-hetero) is 1. The number of hydrogen-bond acceptors (Lipinski definition) is 13. The summed E-state index contributed by atoms with van der Waals surface area (Å²) in [7, 11) is -2.59. The zero-order valence-corrected chi connectivity index (χ0v) is 47.6. The molecule has 5 rings (SSSR count). The molecular weight excluding hydrogens is 973 g/mol. The molecule has 74 heavy (non-hydrogen) atoms. The van der Waals surface area contributed by atoms with Crippen molar-refractivity contribution in [1.29, 1.82) is 0 Å². The van der Waals surface area contributed by atoms with Crippen LogP contribution >= 0.6 is 11.3 Å². The number of ether oxygens (including phenoxy) is 4. The fourth-order valence-electron chi connectivity index (χ4n) is 9.30. The molecule has 0 bridgehead atoms. The number of aryl methyl sites for hydroxylation is 1. The molecule has 2 aromatic carbocycles. The highest BCUT2D eigenvalue weighted by molar-refractivity contribution is 7.18. The van der Waals surface area contributed by atoms with Crippen LogP contribution in [0.2, 0.25) is 18.1 Å². The van der Waals surface area contributed by atoms with Gasteiger partial charge in [-0.15, -0.1) is 17.9 Å². The molecule has 2 aliphatic heterocycles. The number of allylic oxidation sites excluding steroid dienone is 2. The van der Waals surface area contributed by atoms with Crippen LogP contribution in [0, 0.1) is 24.2 Å². The topological polar surface area (TPSA) is 165 Å². The monoisotopic (exact) mass is 1050 g/mol. The second-order valence-electron chi connectivity index (χ2n) is 22.4. The minimum absolute atomic E-state index is 0.109. The molecule has 0 spiro atoms. The Hall–Kier alpha value is -5.25. The van der Waals surface area contributed by atoms with Crippen LogP contribution in [0.5, 0.6) is 5.75 Å². The summed E-state index contributed by atoms with van der Waals surface area (Å²) in [6.07, 6.45) is 13.8. The zero-order chi connectivity index (χ0) is 54.2. The van der Waals surface area contributed by atoms with Gasteiger partial charge in [0, 0.05) is 37.0 Å². The van der Waals surface area contributed by atoms with Crippen molar-refractivity contribution in [3.05, 3.63) is 95.1 Å². The summed E-state index contributed by atoms with van der Waals surface area (Å²) in [6.45, 7) is 24.6. The van der Waals surface area contributed by atoms with Crippen molar-refractivity contribution in [3.8, 4) is 5.75 Å². The molecule has 1 aromatic heterocycles. The Kier molecular flexibility index (Phi) is 22.2. The van der Waals surface area contributed by atoms with E-state index < -0.39 is 50.1 Å². The molecule has 0 radical (unpaired) electrons. The molecule has 0 saturated carbocycles. The van der Waals surface area contributed by atoms with E-state index in [1.165, 1.54) is 17.1 Å². The number of fused-ring (bicyclic) bond motifs is 1. The van der Waals surface area contributed by atoms with E-state index in [0.717, 1.165) is 90.6 Å². The first-order chi connectivity index (χ1) is 35.0. The van der Waals surface area contributed by atoms with Crippen molar-refractivity contribution >= 4 is 65.6 Å². The van der Waals surface area contributed by atoms with Crippen LogP contribution in [0.4, 0.5) is 4.79 Å². The Morgan fingerprint density at radius 3 is 2.23 bits per heavy atom. The Morgan fingerprint density at radius 1 is 0.932 bits per heavy atom. The summed E-state index contributed by atoms with van der Waals surface area (Å²) in [5.41, 5.74) is 2.27. The molecule has 0 fully saturated rings. The lowest BCUT2D eigenvalue weighted by Gasteiger charge is -2.45. The Labute approximate surface area is 445 Å². The number of amides is 2. The number of imide groups is 1. The molecule has 0 saturated heterocycles. The van der Waals surface area contributed by atoms with Crippen molar-refractivity contribution in [1.82, 2.24) is 9.88 Å². The fourth-order valence-corrected chi connectivity index (χ4v) is 11.6.